The molecule has 2 aromatic rings. The van der Waals surface area contributed by atoms with E-state index in [1.165, 1.54) is 23.5 Å². The lowest BCUT2D eigenvalue weighted by atomic mass is 10.0. The van der Waals surface area contributed by atoms with Gasteiger partial charge in [-0.05, 0) is 0 Å². The van der Waals surface area contributed by atoms with Crippen LogP contribution in [0, 0.1) is 0 Å². The first kappa shape index (κ1) is 16.0. The lowest BCUT2D eigenvalue weighted by molar-refractivity contribution is -0.109. The lowest BCUT2D eigenvalue weighted by Gasteiger charge is -2.15. The fraction of sp³-hybridized carbons (Fsp3) is 0.333. The van der Waals surface area contributed by atoms with Crippen LogP contribution in [0.1, 0.15) is 25.5 Å². The van der Waals surface area contributed by atoms with E-state index in [9.17, 15) is 9.59 Å². The molecule has 21 heavy (non-hydrogen) atoms. The highest BCUT2D eigenvalue weighted by atomic mass is 32.2. The molecule has 110 valence electrons. The van der Waals surface area contributed by atoms with Crippen molar-refractivity contribution in [1.82, 2.24) is 10.2 Å². The highest BCUT2D eigenvalue weighted by Crippen LogP contribution is 2.29. The van der Waals surface area contributed by atoms with Crippen molar-refractivity contribution in [3.8, 4) is 0 Å². The lowest BCUT2D eigenvalue weighted by Crippen LogP contribution is -2.11. The Morgan fingerprint density at radius 2 is 1.71 bits per heavy atom. The van der Waals surface area contributed by atoms with Crippen LogP contribution >= 0.6 is 23.5 Å². The first-order valence-electron chi connectivity index (χ1n) is 6.55. The molecule has 0 saturated heterocycles. The molecular formula is C15H16N2O2S2. The molecule has 1 aromatic carbocycles. The van der Waals surface area contributed by atoms with Gasteiger partial charge in [0.05, 0.1) is 11.9 Å². The largest absolute Gasteiger partial charge is 0.288 e. The van der Waals surface area contributed by atoms with Crippen molar-refractivity contribution < 1.29 is 9.59 Å². The van der Waals surface area contributed by atoms with E-state index in [0.717, 1.165) is 16.5 Å². The standard InChI is InChI=1S/C15H16N2O2S2/c1-10(18)20-8-13(9-21-11(2)19)15-14-6-4-3-5-12(14)7-16-17-15/h3-7,13H,8-9H2,1-2H3. The molecule has 2 rings (SSSR count). The second-order valence-corrected chi connectivity index (χ2v) is 7.01. The first-order chi connectivity index (χ1) is 10.1. The van der Waals surface area contributed by atoms with Crippen molar-refractivity contribution in [2.45, 2.75) is 19.8 Å². The van der Waals surface area contributed by atoms with Crippen molar-refractivity contribution in [2.24, 2.45) is 0 Å². The Balaban J connectivity index is 2.32. The number of rotatable bonds is 5. The Hall–Kier alpha value is -1.40. The number of thioether (sulfide) groups is 2. The minimum absolute atomic E-state index is 0.0198. The molecule has 0 fully saturated rings. The van der Waals surface area contributed by atoms with E-state index >= 15 is 0 Å². The average molecular weight is 320 g/mol. The zero-order chi connectivity index (χ0) is 15.2. The molecule has 0 atom stereocenters. The van der Waals surface area contributed by atoms with E-state index in [0.29, 0.717) is 11.5 Å². The van der Waals surface area contributed by atoms with Crippen LogP contribution in [0.3, 0.4) is 0 Å². The van der Waals surface area contributed by atoms with E-state index in [1.807, 2.05) is 24.3 Å². The fourth-order valence-corrected chi connectivity index (χ4v) is 3.57. The summed E-state index contributed by atoms with van der Waals surface area (Å²) in [6, 6.07) is 7.91. The topological polar surface area (TPSA) is 59.9 Å². The predicted molar refractivity (Wildman–Crippen MR) is 88.6 cm³/mol. The summed E-state index contributed by atoms with van der Waals surface area (Å²) in [7, 11) is 0. The van der Waals surface area contributed by atoms with Gasteiger partial charge in [-0.3, -0.25) is 9.59 Å². The Bertz CT molecular complexity index is 638. The van der Waals surface area contributed by atoms with E-state index < -0.39 is 0 Å². The summed E-state index contributed by atoms with van der Waals surface area (Å²) in [5, 5.41) is 10.5. The van der Waals surface area contributed by atoms with Gasteiger partial charge < -0.3 is 0 Å². The highest BCUT2D eigenvalue weighted by Gasteiger charge is 2.19. The third-order valence-corrected chi connectivity index (χ3v) is 4.91. The number of carbonyl (C=O) groups is 2. The van der Waals surface area contributed by atoms with E-state index in [1.54, 1.807) is 20.0 Å². The molecule has 0 amide bonds. The quantitative estimate of drug-likeness (QED) is 0.842. The molecular weight excluding hydrogens is 304 g/mol. The summed E-state index contributed by atoms with van der Waals surface area (Å²) in [4.78, 5) is 22.5. The first-order valence-corrected chi connectivity index (χ1v) is 8.52. The maximum atomic E-state index is 11.2. The van der Waals surface area contributed by atoms with Gasteiger partial charge in [-0.2, -0.15) is 10.2 Å². The van der Waals surface area contributed by atoms with Crippen LogP contribution in [0.5, 0.6) is 0 Å². The molecule has 0 N–H and O–H groups in total. The zero-order valence-corrected chi connectivity index (χ0v) is 13.5. The van der Waals surface area contributed by atoms with Crippen LogP contribution in [0.2, 0.25) is 0 Å². The van der Waals surface area contributed by atoms with Gasteiger partial charge in [0, 0.05) is 42.0 Å². The van der Waals surface area contributed by atoms with Crippen LogP contribution < -0.4 is 0 Å². The second kappa shape index (κ2) is 7.56. The van der Waals surface area contributed by atoms with Crippen molar-refractivity contribution in [3.63, 3.8) is 0 Å². The molecule has 1 heterocycles. The Kier molecular flexibility index (Phi) is 5.76. The van der Waals surface area contributed by atoms with Crippen LogP contribution in [0.25, 0.3) is 10.8 Å². The summed E-state index contributed by atoms with van der Waals surface area (Å²) < 4.78 is 0. The molecule has 4 nitrogen and oxygen atoms in total. The number of fused-ring (bicyclic) bond motifs is 1. The maximum absolute atomic E-state index is 11.2. The van der Waals surface area contributed by atoms with Crippen molar-refractivity contribution in [2.75, 3.05) is 11.5 Å². The SMILES string of the molecule is CC(=O)SCC(CSC(C)=O)c1nncc2ccccc12. The molecule has 0 unspecified atom stereocenters. The van der Waals surface area contributed by atoms with Gasteiger partial charge in [-0.15, -0.1) is 0 Å². The normalized spacial score (nSPS) is 11.0. The number of nitrogens with zero attached hydrogens (tertiary/aromatic N) is 2. The maximum Gasteiger partial charge on any atom is 0.185 e. The van der Waals surface area contributed by atoms with E-state index in [2.05, 4.69) is 10.2 Å². The molecule has 0 spiro atoms. The molecule has 0 aliphatic heterocycles. The number of benzene rings is 1. The number of hydrogen-bond acceptors (Lipinski definition) is 6. The summed E-state index contributed by atoms with van der Waals surface area (Å²) in [6.45, 7) is 3.10. The number of carbonyl (C=O) groups excluding carboxylic acids is 2. The molecule has 0 radical (unpaired) electrons. The van der Waals surface area contributed by atoms with Gasteiger partial charge >= 0.3 is 0 Å². The van der Waals surface area contributed by atoms with Gasteiger partial charge in [-0.25, -0.2) is 0 Å². The monoisotopic (exact) mass is 320 g/mol. The van der Waals surface area contributed by atoms with Crippen molar-refractivity contribution in [3.05, 3.63) is 36.2 Å². The Morgan fingerprint density at radius 3 is 2.33 bits per heavy atom. The molecule has 0 aliphatic rings. The van der Waals surface area contributed by atoms with Crippen LogP contribution in [0.4, 0.5) is 0 Å². The van der Waals surface area contributed by atoms with E-state index in [4.69, 9.17) is 0 Å². The zero-order valence-electron chi connectivity index (χ0n) is 11.9. The Morgan fingerprint density at radius 1 is 1.10 bits per heavy atom. The van der Waals surface area contributed by atoms with Crippen LogP contribution in [-0.2, 0) is 9.59 Å². The van der Waals surface area contributed by atoms with Gasteiger partial charge in [0.15, 0.2) is 10.2 Å². The van der Waals surface area contributed by atoms with E-state index in [-0.39, 0.29) is 16.1 Å². The van der Waals surface area contributed by atoms with Crippen LogP contribution in [-0.4, -0.2) is 31.9 Å². The molecule has 0 saturated carbocycles. The minimum atomic E-state index is 0.0198. The summed E-state index contributed by atoms with van der Waals surface area (Å²) in [6.07, 6.45) is 1.73. The third kappa shape index (κ3) is 4.54. The number of aromatic nitrogens is 2. The molecule has 0 bridgehead atoms. The average Bonchev–Trinajstić information content (AvgIpc) is 2.46. The molecule has 1 aromatic heterocycles. The van der Waals surface area contributed by atoms with Crippen molar-refractivity contribution in [1.29, 1.82) is 0 Å². The molecule has 0 aliphatic carbocycles. The Labute approximate surface area is 132 Å². The summed E-state index contributed by atoms with van der Waals surface area (Å²) >= 11 is 2.53. The van der Waals surface area contributed by atoms with Crippen molar-refractivity contribution >= 4 is 44.5 Å². The fourth-order valence-electron chi connectivity index (χ4n) is 1.99. The minimum Gasteiger partial charge on any atom is -0.288 e. The smallest absolute Gasteiger partial charge is 0.185 e. The van der Waals surface area contributed by atoms with Gasteiger partial charge in [-0.1, -0.05) is 47.8 Å². The highest BCUT2D eigenvalue weighted by molar-refractivity contribution is 8.14. The number of hydrogen-bond donors (Lipinski definition) is 0. The van der Waals surface area contributed by atoms with Crippen LogP contribution in [0.15, 0.2) is 30.5 Å². The molecule has 6 heteroatoms. The van der Waals surface area contributed by atoms with Gasteiger partial charge in [0.1, 0.15) is 0 Å². The second-order valence-electron chi connectivity index (χ2n) is 4.62. The third-order valence-electron chi connectivity index (χ3n) is 2.96. The summed E-state index contributed by atoms with van der Waals surface area (Å²) in [5.74, 6) is 1.24. The summed E-state index contributed by atoms with van der Waals surface area (Å²) in [5.41, 5.74) is 0.857. The predicted octanol–water partition coefficient (Wildman–Crippen LogP) is 3.27. The van der Waals surface area contributed by atoms with Gasteiger partial charge in [0.25, 0.3) is 0 Å². The van der Waals surface area contributed by atoms with Gasteiger partial charge in [0.2, 0.25) is 0 Å².